The largest absolute Gasteiger partial charge is 0.345 e. The minimum atomic E-state index is -0.126. The Morgan fingerprint density at radius 1 is 1.48 bits per heavy atom. The van der Waals surface area contributed by atoms with E-state index in [4.69, 9.17) is 5.73 Å². The van der Waals surface area contributed by atoms with Gasteiger partial charge in [0.2, 0.25) is 0 Å². The number of aromatic nitrogens is 2. The first-order valence-corrected chi connectivity index (χ1v) is 6.66. The van der Waals surface area contributed by atoms with Crippen LogP contribution in [0.1, 0.15) is 27.3 Å². The van der Waals surface area contributed by atoms with Crippen LogP contribution < -0.4 is 11.1 Å². The highest BCUT2D eigenvalue weighted by atomic mass is 16.1. The molecule has 3 N–H and O–H groups in total. The summed E-state index contributed by atoms with van der Waals surface area (Å²) in [5, 5.41) is 2.85. The van der Waals surface area contributed by atoms with Gasteiger partial charge in [-0.2, -0.15) is 0 Å². The number of amides is 1. The number of hydrogen-bond donors (Lipinski definition) is 2. The van der Waals surface area contributed by atoms with Gasteiger partial charge in [0.05, 0.1) is 13.1 Å². The van der Waals surface area contributed by atoms with Gasteiger partial charge in [-0.1, -0.05) is 11.8 Å². The number of nitrogens with one attached hydrogen (secondary N) is 1. The Labute approximate surface area is 124 Å². The summed E-state index contributed by atoms with van der Waals surface area (Å²) >= 11 is 0. The summed E-state index contributed by atoms with van der Waals surface area (Å²) in [6, 6.07) is 5.43. The summed E-state index contributed by atoms with van der Waals surface area (Å²) in [5.41, 5.74) is 7.82. The van der Waals surface area contributed by atoms with E-state index >= 15 is 0 Å². The molecule has 5 nitrogen and oxygen atoms in total. The predicted octanol–water partition coefficient (Wildman–Crippen LogP) is 0.969. The average Bonchev–Trinajstić information content (AvgIpc) is 2.88. The van der Waals surface area contributed by atoms with Gasteiger partial charge >= 0.3 is 0 Å². The Morgan fingerprint density at radius 2 is 2.29 bits per heavy atom. The third kappa shape index (κ3) is 3.71. The van der Waals surface area contributed by atoms with Crippen LogP contribution in [0.2, 0.25) is 0 Å². The zero-order valence-electron chi connectivity index (χ0n) is 12.2. The molecule has 0 spiro atoms. The Morgan fingerprint density at radius 3 is 2.90 bits per heavy atom. The van der Waals surface area contributed by atoms with Crippen LogP contribution in [0.15, 0.2) is 30.6 Å². The molecule has 1 amide bonds. The molecule has 0 fully saturated rings. The lowest BCUT2D eigenvalue weighted by Gasteiger charge is -2.07. The van der Waals surface area contributed by atoms with Crippen molar-refractivity contribution in [2.75, 3.05) is 6.54 Å². The van der Waals surface area contributed by atoms with Gasteiger partial charge in [-0.05, 0) is 30.7 Å². The zero-order valence-corrected chi connectivity index (χ0v) is 12.2. The van der Waals surface area contributed by atoms with Crippen LogP contribution in [0, 0.1) is 18.8 Å². The van der Waals surface area contributed by atoms with Crippen LogP contribution in [0.3, 0.4) is 0 Å². The summed E-state index contributed by atoms with van der Waals surface area (Å²) in [7, 11) is 1.89. The van der Waals surface area contributed by atoms with Crippen molar-refractivity contribution in [3.8, 4) is 11.8 Å². The maximum absolute atomic E-state index is 12.1. The third-order valence-electron chi connectivity index (χ3n) is 3.14. The summed E-state index contributed by atoms with van der Waals surface area (Å²) in [5.74, 6) is 6.48. The van der Waals surface area contributed by atoms with Crippen molar-refractivity contribution in [1.82, 2.24) is 14.9 Å². The number of imidazole rings is 1. The van der Waals surface area contributed by atoms with Crippen molar-refractivity contribution in [2.24, 2.45) is 12.8 Å². The van der Waals surface area contributed by atoms with Crippen LogP contribution in [0.4, 0.5) is 0 Å². The smallest absolute Gasteiger partial charge is 0.251 e. The number of carbonyl (C=O) groups excluding carboxylic acids is 1. The monoisotopic (exact) mass is 282 g/mol. The van der Waals surface area contributed by atoms with E-state index in [2.05, 4.69) is 22.1 Å². The summed E-state index contributed by atoms with van der Waals surface area (Å²) in [4.78, 5) is 16.3. The number of benzene rings is 1. The lowest BCUT2D eigenvalue weighted by Crippen LogP contribution is -2.24. The van der Waals surface area contributed by atoms with Gasteiger partial charge in [-0.25, -0.2) is 4.98 Å². The maximum Gasteiger partial charge on any atom is 0.251 e. The Hall–Kier alpha value is -2.58. The topological polar surface area (TPSA) is 72.9 Å². The van der Waals surface area contributed by atoms with E-state index in [1.54, 1.807) is 12.3 Å². The van der Waals surface area contributed by atoms with Gasteiger partial charge in [-0.3, -0.25) is 4.79 Å². The molecule has 0 bridgehead atoms. The van der Waals surface area contributed by atoms with Crippen molar-refractivity contribution in [3.63, 3.8) is 0 Å². The molecule has 1 heterocycles. The summed E-state index contributed by atoms with van der Waals surface area (Å²) < 4.78 is 1.87. The molecule has 0 unspecified atom stereocenters. The summed E-state index contributed by atoms with van der Waals surface area (Å²) in [6.07, 6.45) is 3.55. The Balaban J connectivity index is 2.06. The number of carbonyl (C=O) groups is 1. The van der Waals surface area contributed by atoms with Gasteiger partial charge < -0.3 is 15.6 Å². The standard InChI is InChI=1S/C16H18N4O/c1-12-10-14(6-5-13(12)4-3-7-17)16(21)19-11-15-18-8-9-20(15)2/h5-6,8-10H,7,11,17H2,1-2H3,(H,19,21). The fraction of sp³-hybridized carbons (Fsp3) is 0.250. The lowest BCUT2D eigenvalue weighted by atomic mass is 10.0. The molecule has 2 aromatic rings. The number of nitrogens with two attached hydrogens (primary N) is 1. The molecule has 2 rings (SSSR count). The number of nitrogens with zero attached hydrogens (tertiary/aromatic N) is 2. The van der Waals surface area contributed by atoms with Crippen LogP contribution in [-0.2, 0) is 13.6 Å². The first-order chi connectivity index (χ1) is 10.1. The van der Waals surface area contributed by atoms with Crippen molar-refractivity contribution in [3.05, 3.63) is 53.1 Å². The van der Waals surface area contributed by atoms with E-state index in [1.807, 2.05) is 36.9 Å². The van der Waals surface area contributed by atoms with Crippen molar-refractivity contribution < 1.29 is 4.79 Å². The molecule has 5 heteroatoms. The van der Waals surface area contributed by atoms with Crippen molar-refractivity contribution >= 4 is 5.91 Å². The Kier molecular flexibility index (Phi) is 4.75. The minimum Gasteiger partial charge on any atom is -0.345 e. The van der Waals surface area contributed by atoms with E-state index in [0.717, 1.165) is 17.0 Å². The van der Waals surface area contributed by atoms with E-state index in [-0.39, 0.29) is 5.91 Å². The van der Waals surface area contributed by atoms with Crippen LogP contribution in [0.5, 0.6) is 0 Å². The maximum atomic E-state index is 12.1. The highest BCUT2D eigenvalue weighted by Crippen LogP contribution is 2.10. The number of aryl methyl sites for hydroxylation is 2. The molecule has 1 aromatic heterocycles. The molecule has 21 heavy (non-hydrogen) atoms. The second kappa shape index (κ2) is 6.73. The molecule has 1 aromatic carbocycles. The Bertz CT molecular complexity index is 707. The molecule has 0 radical (unpaired) electrons. The summed E-state index contributed by atoms with van der Waals surface area (Å²) in [6.45, 7) is 2.65. The predicted molar refractivity (Wildman–Crippen MR) is 81.5 cm³/mol. The second-order valence-corrected chi connectivity index (χ2v) is 4.67. The number of hydrogen-bond acceptors (Lipinski definition) is 3. The SMILES string of the molecule is Cc1cc(C(=O)NCc2nccn2C)ccc1C#CCN. The quantitative estimate of drug-likeness (QED) is 0.824. The van der Waals surface area contributed by atoms with Crippen molar-refractivity contribution in [2.45, 2.75) is 13.5 Å². The third-order valence-corrected chi connectivity index (χ3v) is 3.14. The molecule has 0 saturated carbocycles. The zero-order chi connectivity index (χ0) is 15.2. The fourth-order valence-electron chi connectivity index (χ4n) is 1.92. The van der Waals surface area contributed by atoms with Gasteiger partial charge in [0.1, 0.15) is 5.82 Å². The van der Waals surface area contributed by atoms with Crippen molar-refractivity contribution in [1.29, 1.82) is 0 Å². The van der Waals surface area contributed by atoms with Gasteiger partial charge in [-0.15, -0.1) is 0 Å². The molecule has 0 aliphatic heterocycles. The number of rotatable bonds is 3. The molecule has 0 aliphatic carbocycles. The molecule has 0 saturated heterocycles. The van der Waals surface area contributed by atoms with Gasteiger partial charge in [0.25, 0.3) is 5.91 Å². The molecule has 0 atom stereocenters. The minimum absolute atomic E-state index is 0.126. The van der Waals surface area contributed by atoms with Gasteiger partial charge in [0, 0.05) is 30.6 Å². The molecule has 0 aliphatic rings. The molecular weight excluding hydrogens is 264 g/mol. The van der Waals surface area contributed by atoms with Crippen LogP contribution in [-0.4, -0.2) is 22.0 Å². The first-order valence-electron chi connectivity index (χ1n) is 6.66. The van der Waals surface area contributed by atoms with E-state index in [9.17, 15) is 4.79 Å². The lowest BCUT2D eigenvalue weighted by molar-refractivity contribution is 0.0949. The highest BCUT2D eigenvalue weighted by Gasteiger charge is 2.08. The first kappa shape index (κ1) is 14.8. The van der Waals surface area contributed by atoms with E-state index < -0.39 is 0 Å². The fourth-order valence-corrected chi connectivity index (χ4v) is 1.92. The average molecular weight is 282 g/mol. The van der Waals surface area contributed by atoms with Crippen LogP contribution >= 0.6 is 0 Å². The van der Waals surface area contributed by atoms with E-state index in [1.165, 1.54) is 0 Å². The highest BCUT2D eigenvalue weighted by molar-refractivity contribution is 5.94. The van der Waals surface area contributed by atoms with Crippen LogP contribution in [0.25, 0.3) is 0 Å². The van der Waals surface area contributed by atoms with E-state index in [0.29, 0.717) is 18.7 Å². The van der Waals surface area contributed by atoms with Gasteiger partial charge in [0.15, 0.2) is 0 Å². The molecular formula is C16H18N4O. The molecule has 108 valence electrons. The normalized spacial score (nSPS) is 9.86. The second-order valence-electron chi connectivity index (χ2n) is 4.67.